The summed E-state index contributed by atoms with van der Waals surface area (Å²) in [5, 5.41) is 9.69. The Morgan fingerprint density at radius 2 is 2.22 bits per heavy atom. The van der Waals surface area contributed by atoms with E-state index in [-0.39, 0.29) is 24.6 Å². The molecule has 7 heteroatoms. The Kier molecular flexibility index (Phi) is 6.26. The molecule has 1 N–H and O–H groups in total. The average Bonchev–Trinajstić information content (AvgIpc) is 2.52. The van der Waals surface area contributed by atoms with Gasteiger partial charge in [-0.25, -0.2) is 0 Å². The predicted octanol–water partition coefficient (Wildman–Crippen LogP) is 2.56. The third kappa shape index (κ3) is 5.67. The molecule has 1 aromatic rings. The molecule has 1 saturated heterocycles. The summed E-state index contributed by atoms with van der Waals surface area (Å²) in [4.78, 5) is 2.08. The maximum atomic E-state index is 12.7. The first-order valence-corrected chi connectivity index (χ1v) is 7.70. The summed E-state index contributed by atoms with van der Waals surface area (Å²) < 4.78 is 49.0. The molecule has 1 aliphatic heterocycles. The molecule has 0 saturated carbocycles. The third-order valence-corrected chi connectivity index (χ3v) is 3.76. The first kappa shape index (κ1) is 18.0. The summed E-state index contributed by atoms with van der Waals surface area (Å²) >= 11 is 0. The number of nitrogens with zero attached hydrogens (tertiary/aromatic N) is 1. The van der Waals surface area contributed by atoms with Gasteiger partial charge in [-0.2, -0.15) is 13.2 Å². The van der Waals surface area contributed by atoms with E-state index in [9.17, 15) is 18.3 Å². The summed E-state index contributed by atoms with van der Waals surface area (Å²) in [6, 6.07) is 4.82. The van der Waals surface area contributed by atoms with Crippen LogP contribution in [-0.2, 0) is 10.9 Å². The van der Waals surface area contributed by atoms with Gasteiger partial charge in [-0.3, -0.25) is 4.90 Å². The summed E-state index contributed by atoms with van der Waals surface area (Å²) in [6.07, 6.45) is -4.29. The van der Waals surface area contributed by atoms with Crippen LogP contribution in [0.25, 0.3) is 0 Å². The molecule has 2 atom stereocenters. The van der Waals surface area contributed by atoms with E-state index in [2.05, 4.69) is 4.90 Å². The molecular formula is C16H22F3NO3. The van der Waals surface area contributed by atoms with Crippen molar-refractivity contribution in [2.75, 3.05) is 32.8 Å². The molecule has 130 valence electrons. The minimum Gasteiger partial charge on any atom is -0.491 e. The fourth-order valence-electron chi connectivity index (χ4n) is 2.43. The van der Waals surface area contributed by atoms with E-state index in [1.54, 1.807) is 0 Å². The molecule has 2 rings (SSSR count). The van der Waals surface area contributed by atoms with Gasteiger partial charge in [0, 0.05) is 19.6 Å². The number of rotatable bonds is 6. The number of ether oxygens (including phenoxy) is 2. The van der Waals surface area contributed by atoms with E-state index in [0.717, 1.165) is 18.7 Å². The summed E-state index contributed by atoms with van der Waals surface area (Å²) in [6.45, 7) is 4.51. The van der Waals surface area contributed by atoms with Crippen molar-refractivity contribution in [3.05, 3.63) is 29.8 Å². The largest absolute Gasteiger partial charge is 0.491 e. The highest BCUT2D eigenvalue weighted by Gasteiger charge is 2.30. The van der Waals surface area contributed by atoms with Crippen molar-refractivity contribution >= 4 is 0 Å². The van der Waals surface area contributed by atoms with E-state index in [0.29, 0.717) is 26.1 Å². The standard InChI is InChI=1S/C16H22F3NO3/c1-2-13(21)9-20-6-7-22-15(10-20)11-23-14-5-3-4-12(8-14)16(17,18)19/h3-5,8,13,15,21H,2,6-7,9-11H2,1H3/t13-,15-/m0/s1. The molecule has 1 aliphatic rings. The molecule has 0 aromatic heterocycles. The Bertz CT molecular complexity index is 496. The maximum absolute atomic E-state index is 12.7. The summed E-state index contributed by atoms with van der Waals surface area (Å²) in [5.74, 6) is 0.175. The molecular weight excluding hydrogens is 311 g/mol. The number of β-amino-alcohol motifs (C(OH)–C–C–N with tert-alkyl or cyclic N) is 1. The lowest BCUT2D eigenvalue weighted by Gasteiger charge is -2.33. The maximum Gasteiger partial charge on any atom is 0.416 e. The lowest BCUT2D eigenvalue weighted by molar-refractivity contribution is -0.137. The van der Waals surface area contributed by atoms with Crippen LogP contribution in [0, 0.1) is 0 Å². The molecule has 1 aromatic carbocycles. The third-order valence-electron chi connectivity index (χ3n) is 3.76. The summed E-state index contributed by atoms with van der Waals surface area (Å²) in [7, 11) is 0. The quantitative estimate of drug-likeness (QED) is 0.869. The topological polar surface area (TPSA) is 41.9 Å². The van der Waals surface area contributed by atoms with Gasteiger partial charge in [0.05, 0.1) is 18.3 Å². The molecule has 0 unspecified atom stereocenters. The van der Waals surface area contributed by atoms with Gasteiger partial charge < -0.3 is 14.6 Å². The molecule has 1 heterocycles. The van der Waals surface area contributed by atoms with Crippen molar-refractivity contribution in [2.45, 2.75) is 31.7 Å². The van der Waals surface area contributed by atoms with Gasteiger partial charge in [0.15, 0.2) is 0 Å². The van der Waals surface area contributed by atoms with Gasteiger partial charge >= 0.3 is 6.18 Å². The fraction of sp³-hybridized carbons (Fsp3) is 0.625. The normalized spacial score (nSPS) is 21.2. The highest BCUT2D eigenvalue weighted by molar-refractivity contribution is 5.30. The minimum absolute atomic E-state index is 0.175. The predicted molar refractivity (Wildman–Crippen MR) is 79.4 cm³/mol. The second-order valence-corrected chi connectivity index (χ2v) is 5.65. The number of alkyl halides is 3. The van der Waals surface area contributed by atoms with Crippen LogP contribution in [0.15, 0.2) is 24.3 Å². The lowest BCUT2D eigenvalue weighted by atomic mass is 10.2. The Morgan fingerprint density at radius 3 is 2.91 bits per heavy atom. The van der Waals surface area contributed by atoms with E-state index >= 15 is 0 Å². The average molecular weight is 333 g/mol. The van der Waals surface area contributed by atoms with Crippen LogP contribution in [0.1, 0.15) is 18.9 Å². The van der Waals surface area contributed by atoms with Crippen LogP contribution in [0.2, 0.25) is 0 Å². The number of hydrogen-bond donors (Lipinski definition) is 1. The van der Waals surface area contributed by atoms with Crippen LogP contribution < -0.4 is 4.74 Å². The first-order chi connectivity index (χ1) is 10.9. The van der Waals surface area contributed by atoms with Crippen LogP contribution in [0.5, 0.6) is 5.75 Å². The number of halogens is 3. The number of aliphatic hydroxyl groups excluding tert-OH is 1. The first-order valence-electron chi connectivity index (χ1n) is 7.70. The molecule has 1 fully saturated rings. The zero-order chi connectivity index (χ0) is 16.9. The number of hydrogen-bond acceptors (Lipinski definition) is 4. The smallest absolute Gasteiger partial charge is 0.416 e. The highest BCUT2D eigenvalue weighted by Crippen LogP contribution is 2.31. The molecule has 4 nitrogen and oxygen atoms in total. The van der Waals surface area contributed by atoms with Crippen LogP contribution in [0.3, 0.4) is 0 Å². The second kappa shape index (κ2) is 7.99. The number of benzene rings is 1. The Labute approximate surface area is 133 Å². The lowest BCUT2D eigenvalue weighted by Crippen LogP contribution is -2.47. The van der Waals surface area contributed by atoms with Crippen LogP contribution in [-0.4, -0.2) is 55.1 Å². The zero-order valence-electron chi connectivity index (χ0n) is 13.1. The molecule has 0 bridgehead atoms. The van der Waals surface area contributed by atoms with Crippen molar-refractivity contribution in [1.82, 2.24) is 4.90 Å². The Balaban J connectivity index is 1.86. The number of aliphatic hydroxyl groups is 1. The van der Waals surface area contributed by atoms with Crippen molar-refractivity contribution in [3.8, 4) is 5.75 Å². The second-order valence-electron chi connectivity index (χ2n) is 5.65. The molecule has 0 spiro atoms. The van der Waals surface area contributed by atoms with Crippen LogP contribution in [0.4, 0.5) is 13.2 Å². The Morgan fingerprint density at radius 1 is 1.43 bits per heavy atom. The van der Waals surface area contributed by atoms with Crippen molar-refractivity contribution in [2.24, 2.45) is 0 Å². The minimum atomic E-state index is -4.38. The van der Waals surface area contributed by atoms with Crippen LogP contribution >= 0.6 is 0 Å². The van der Waals surface area contributed by atoms with Gasteiger partial charge in [0.25, 0.3) is 0 Å². The molecule has 23 heavy (non-hydrogen) atoms. The van der Waals surface area contributed by atoms with E-state index in [1.807, 2.05) is 6.92 Å². The van der Waals surface area contributed by atoms with Gasteiger partial charge in [-0.15, -0.1) is 0 Å². The van der Waals surface area contributed by atoms with Gasteiger partial charge in [-0.1, -0.05) is 13.0 Å². The van der Waals surface area contributed by atoms with Gasteiger partial charge in [0.1, 0.15) is 18.5 Å². The van der Waals surface area contributed by atoms with Gasteiger partial charge in [0.2, 0.25) is 0 Å². The highest BCUT2D eigenvalue weighted by atomic mass is 19.4. The monoisotopic (exact) mass is 333 g/mol. The SMILES string of the molecule is CC[C@H](O)CN1CCO[C@H](COc2cccc(C(F)(F)F)c2)C1. The number of morpholine rings is 1. The van der Waals surface area contributed by atoms with Crippen molar-refractivity contribution in [1.29, 1.82) is 0 Å². The zero-order valence-corrected chi connectivity index (χ0v) is 13.1. The van der Waals surface area contributed by atoms with Crippen molar-refractivity contribution < 1.29 is 27.8 Å². The molecule has 0 radical (unpaired) electrons. The summed E-state index contributed by atoms with van der Waals surface area (Å²) in [5.41, 5.74) is -0.729. The van der Waals surface area contributed by atoms with E-state index in [4.69, 9.17) is 9.47 Å². The van der Waals surface area contributed by atoms with E-state index in [1.165, 1.54) is 12.1 Å². The van der Waals surface area contributed by atoms with Crippen molar-refractivity contribution in [3.63, 3.8) is 0 Å². The van der Waals surface area contributed by atoms with E-state index < -0.39 is 11.7 Å². The molecule has 0 aliphatic carbocycles. The Hall–Kier alpha value is -1.31. The fourth-order valence-corrected chi connectivity index (χ4v) is 2.43. The van der Waals surface area contributed by atoms with Gasteiger partial charge in [-0.05, 0) is 24.6 Å². The molecule has 0 amide bonds.